The number of carbonyl (C=O) groups excluding carboxylic acids is 1. The molecule has 3 aromatic rings. The van der Waals surface area contributed by atoms with Crippen molar-refractivity contribution in [3.8, 4) is 22.3 Å². The zero-order valence-electron chi connectivity index (χ0n) is 15.6. The SMILES string of the molecule is CC(C)n1cc(-c2cncc(-c3ccc4c(c3)N(C)C(=O)C4)c2)ccc1=O. The average Bonchev–Trinajstić information content (AvgIpc) is 2.95. The van der Waals surface area contributed by atoms with Crippen LogP contribution in [0.1, 0.15) is 25.5 Å². The molecular formula is C22H21N3O2. The van der Waals surface area contributed by atoms with E-state index >= 15 is 0 Å². The summed E-state index contributed by atoms with van der Waals surface area (Å²) >= 11 is 0. The fraction of sp³-hybridized carbons (Fsp3) is 0.227. The van der Waals surface area contributed by atoms with Gasteiger partial charge in [-0.2, -0.15) is 0 Å². The number of pyridine rings is 2. The smallest absolute Gasteiger partial charge is 0.250 e. The van der Waals surface area contributed by atoms with E-state index in [4.69, 9.17) is 0 Å². The highest BCUT2D eigenvalue weighted by Crippen LogP contribution is 2.33. The molecule has 1 aliphatic rings. The number of nitrogens with zero attached hydrogens (tertiary/aromatic N) is 3. The minimum absolute atomic E-state index is 0.0100. The van der Waals surface area contributed by atoms with Crippen LogP contribution < -0.4 is 10.5 Å². The summed E-state index contributed by atoms with van der Waals surface area (Å²) < 4.78 is 1.72. The number of amides is 1. The van der Waals surface area contributed by atoms with E-state index in [0.29, 0.717) is 6.42 Å². The highest BCUT2D eigenvalue weighted by atomic mass is 16.2. The molecule has 1 aliphatic heterocycles. The van der Waals surface area contributed by atoms with E-state index in [0.717, 1.165) is 33.5 Å². The van der Waals surface area contributed by atoms with Crippen LogP contribution in [0.3, 0.4) is 0 Å². The number of benzene rings is 1. The van der Waals surface area contributed by atoms with Crippen molar-refractivity contribution in [2.24, 2.45) is 0 Å². The number of carbonyl (C=O) groups is 1. The predicted molar refractivity (Wildman–Crippen MR) is 107 cm³/mol. The van der Waals surface area contributed by atoms with Crippen LogP contribution in [-0.2, 0) is 11.2 Å². The molecule has 0 saturated heterocycles. The zero-order chi connectivity index (χ0) is 19.1. The summed E-state index contributed by atoms with van der Waals surface area (Å²) in [6.07, 6.45) is 5.96. The summed E-state index contributed by atoms with van der Waals surface area (Å²) in [4.78, 5) is 30.0. The van der Waals surface area contributed by atoms with Gasteiger partial charge in [-0.05, 0) is 48.7 Å². The van der Waals surface area contributed by atoms with Crippen LogP contribution in [-0.4, -0.2) is 22.5 Å². The molecule has 0 atom stereocenters. The molecule has 5 nitrogen and oxygen atoms in total. The largest absolute Gasteiger partial charge is 0.315 e. The molecule has 2 aromatic heterocycles. The van der Waals surface area contributed by atoms with Gasteiger partial charge < -0.3 is 9.47 Å². The Kier molecular flexibility index (Phi) is 4.15. The number of hydrogen-bond acceptors (Lipinski definition) is 3. The Labute approximate surface area is 157 Å². The number of fused-ring (bicyclic) bond motifs is 1. The topological polar surface area (TPSA) is 55.2 Å². The Morgan fingerprint density at radius 1 is 0.926 bits per heavy atom. The van der Waals surface area contributed by atoms with Crippen LogP contribution in [0.25, 0.3) is 22.3 Å². The number of aromatic nitrogens is 2. The summed E-state index contributed by atoms with van der Waals surface area (Å²) in [6.45, 7) is 3.98. The van der Waals surface area contributed by atoms with Gasteiger partial charge in [0.1, 0.15) is 0 Å². The number of anilines is 1. The molecule has 3 heterocycles. The third-order valence-corrected chi connectivity index (χ3v) is 5.06. The second-order valence-corrected chi connectivity index (χ2v) is 7.19. The van der Waals surface area contributed by atoms with Crippen LogP contribution in [0.4, 0.5) is 5.69 Å². The van der Waals surface area contributed by atoms with Crippen molar-refractivity contribution in [1.82, 2.24) is 9.55 Å². The molecule has 136 valence electrons. The Morgan fingerprint density at radius 3 is 2.37 bits per heavy atom. The second kappa shape index (κ2) is 6.50. The molecule has 0 fully saturated rings. The molecular weight excluding hydrogens is 338 g/mol. The van der Waals surface area contributed by atoms with E-state index in [1.54, 1.807) is 21.7 Å². The van der Waals surface area contributed by atoms with Crippen molar-refractivity contribution in [3.63, 3.8) is 0 Å². The van der Waals surface area contributed by atoms with E-state index in [-0.39, 0.29) is 17.5 Å². The molecule has 0 N–H and O–H groups in total. The van der Waals surface area contributed by atoms with Gasteiger partial charge in [0, 0.05) is 54.6 Å². The highest BCUT2D eigenvalue weighted by molar-refractivity contribution is 6.01. The van der Waals surface area contributed by atoms with Gasteiger partial charge in [0.25, 0.3) is 5.56 Å². The number of rotatable bonds is 3. The maximum Gasteiger partial charge on any atom is 0.250 e. The first kappa shape index (κ1) is 17.2. The Hall–Kier alpha value is -3.21. The quantitative estimate of drug-likeness (QED) is 0.717. The first-order valence-corrected chi connectivity index (χ1v) is 9.01. The lowest BCUT2D eigenvalue weighted by atomic mass is 10.0. The van der Waals surface area contributed by atoms with Gasteiger partial charge in [-0.15, -0.1) is 0 Å². The standard InChI is InChI=1S/C22H21N3O2/c1-14(2)25-13-17(6-7-21(25)26)19-8-18(11-23-12-19)15-4-5-16-10-22(27)24(3)20(16)9-15/h4-9,11-14H,10H2,1-3H3. The molecule has 27 heavy (non-hydrogen) atoms. The van der Waals surface area contributed by atoms with E-state index in [1.165, 1.54) is 0 Å². The lowest BCUT2D eigenvalue weighted by molar-refractivity contribution is -0.117. The van der Waals surface area contributed by atoms with Gasteiger partial charge in [0.15, 0.2) is 0 Å². The minimum Gasteiger partial charge on any atom is -0.315 e. The molecule has 4 rings (SSSR count). The first-order chi connectivity index (χ1) is 12.9. The van der Waals surface area contributed by atoms with Crippen LogP contribution in [0.5, 0.6) is 0 Å². The summed E-state index contributed by atoms with van der Waals surface area (Å²) in [5, 5.41) is 0. The molecule has 0 unspecified atom stereocenters. The third kappa shape index (κ3) is 3.05. The van der Waals surface area contributed by atoms with Crippen molar-refractivity contribution in [3.05, 3.63) is 70.9 Å². The van der Waals surface area contributed by atoms with E-state index in [9.17, 15) is 9.59 Å². The van der Waals surface area contributed by atoms with E-state index in [2.05, 4.69) is 11.1 Å². The van der Waals surface area contributed by atoms with Gasteiger partial charge in [-0.3, -0.25) is 14.6 Å². The van der Waals surface area contributed by atoms with Crippen molar-refractivity contribution >= 4 is 11.6 Å². The Morgan fingerprint density at radius 2 is 1.63 bits per heavy atom. The highest BCUT2D eigenvalue weighted by Gasteiger charge is 2.24. The molecule has 0 spiro atoms. The summed E-state index contributed by atoms with van der Waals surface area (Å²) in [5.41, 5.74) is 5.89. The van der Waals surface area contributed by atoms with Gasteiger partial charge in [0.05, 0.1) is 6.42 Å². The average molecular weight is 359 g/mol. The normalized spacial score (nSPS) is 13.3. The first-order valence-electron chi connectivity index (χ1n) is 9.01. The molecule has 5 heteroatoms. The van der Waals surface area contributed by atoms with E-state index < -0.39 is 0 Å². The molecule has 0 bridgehead atoms. The van der Waals surface area contributed by atoms with Gasteiger partial charge >= 0.3 is 0 Å². The lowest BCUT2D eigenvalue weighted by Crippen LogP contribution is -2.20. The molecule has 0 aliphatic carbocycles. The molecule has 1 aromatic carbocycles. The second-order valence-electron chi connectivity index (χ2n) is 7.19. The van der Waals surface area contributed by atoms with Crippen LogP contribution in [0.15, 0.2) is 59.8 Å². The minimum atomic E-state index is -0.0100. The number of likely N-dealkylation sites (N-methyl/N-ethyl adjacent to an activating group) is 1. The molecule has 1 amide bonds. The van der Waals surface area contributed by atoms with Gasteiger partial charge in [-0.1, -0.05) is 12.1 Å². The fourth-order valence-corrected chi connectivity index (χ4v) is 3.45. The Balaban J connectivity index is 1.75. The monoisotopic (exact) mass is 359 g/mol. The van der Waals surface area contributed by atoms with E-state index in [1.807, 2.05) is 57.6 Å². The van der Waals surface area contributed by atoms with Gasteiger partial charge in [0.2, 0.25) is 5.91 Å². The molecule has 0 radical (unpaired) electrons. The summed E-state index contributed by atoms with van der Waals surface area (Å²) in [6, 6.07) is 11.7. The lowest BCUT2D eigenvalue weighted by Gasteiger charge is -2.13. The zero-order valence-corrected chi connectivity index (χ0v) is 15.6. The number of hydrogen-bond donors (Lipinski definition) is 0. The molecule has 0 saturated carbocycles. The maximum atomic E-state index is 12.0. The summed E-state index contributed by atoms with van der Waals surface area (Å²) in [7, 11) is 1.81. The van der Waals surface area contributed by atoms with Crippen LogP contribution in [0.2, 0.25) is 0 Å². The van der Waals surface area contributed by atoms with Crippen molar-refractivity contribution in [1.29, 1.82) is 0 Å². The van der Waals surface area contributed by atoms with Crippen LogP contribution in [0, 0.1) is 0 Å². The fourth-order valence-electron chi connectivity index (χ4n) is 3.45. The van der Waals surface area contributed by atoms with Crippen molar-refractivity contribution in [2.45, 2.75) is 26.3 Å². The predicted octanol–water partition coefficient (Wildman–Crippen LogP) is 3.68. The van der Waals surface area contributed by atoms with Crippen LogP contribution >= 0.6 is 0 Å². The van der Waals surface area contributed by atoms with Gasteiger partial charge in [-0.25, -0.2) is 0 Å². The summed E-state index contributed by atoms with van der Waals surface area (Å²) in [5.74, 6) is 0.116. The van der Waals surface area contributed by atoms with Crippen molar-refractivity contribution < 1.29 is 4.79 Å². The maximum absolute atomic E-state index is 12.0. The van der Waals surface area contributed by atoms with Crippen molar-refractivity contribution in [2.75, 3.05) is 11.9 Å². The Bertz CT molecular complexity index is 1100. The third-order valence-electron chi connectivity index (χ3n) is 5.06.